The van der Waals surface area contributed by atoms with Gasteiger partial charge in [0.15, 0.2) is 17.4 Å². The van der Waals surface area contributed by atoms with Crippen LogP contribution in [-0.2, 0) is 32.0 Å². The number of ether oxygens (including phenoxy) is 1. The Labute approximate surface area is 236 Å². The van der Waals surface area contributed by atoms with Crippen molar-refractivity contribution >= 4 is 38.7 Å². The number of aromatic nitrogens is 7. The van der Waals surface area contributed by atoms with E-state index in [1.165, 1.54) is 17.2 Å². The Morgan fingerprint density at radius 3 is 2.55 bits per heavy atom. The minimum absolute atomic E-state index is 0.0725. The maximum atomic E-state index is 13.1. The highest BCUT2D eigenvalue weighted by Crippen LogP contribution is 2.54. The quantitative estimate of drug-likeness (QED) is 0.219. The number of aromatic amines is 1. The van der Waals surface area contributed by atoms with Gasteiger partial charge in [-0.25, -0.2) is 29.1 Å². The summed E-state index contributed by atoms with van der Waals surface area (Å²) in [6.07, 6.45) is -2.67. The topological polar surface area (TPSA) is 272 Å². The molecule has 20 nitrogen and oxygen atoms in total. The van der Waals surface area contributed by atoms with Crippen LogP contribution < -0.4 is 16.2 Å². The summed E-state index contributed by atoms with van der Waals surface area (Å²) >= 11 is 0. The lowest BCUT2D eigenvalue weighted by Crippen LogP contribution is -2.35. The van der Waals surface area contributed by atoms with E-state index in [4.69, 9.17) is 28.6 Å². The molecule has 0 spiro atoms. The number of phosphoric ester groups is 2. The molecule has 3 fully saturated rings. The molecule has 2 saturated heterocycles. The molecule has 3 aliphatic rings. The van der Waals surface area contributed by atoms with E-state index in [9.17, 15) is 28.8 Å². The van der Waals surface area contributed by atoms with Crippen LogP contribution in [0.15, 0.2) is 23.8 Å². The summed E-state index contributed by atoms with van der Waals surface area (Å²) in [7, 11) is -7.92. The Kier molecular flexibility index (Phi) is 7.63. The van der Waals surface area contributed by atoms with Crippen molar-refractivity contribution in [2.24, 2.45) is 5.92 Å². The highest BCUT2D eigenvalue weighted by Gasteiger charge is 2.51. The summed E-state index contributed by atoms with van der Waals surface area (Å²) < 4.78 is 54.5. The molecule has 5 heterocycles. The molecular weight excluding hydrogens is 604 g/mol. The number of nitrogens with two attached hydrogens (primary N) is 1. The molecule has 6 rings (SSSR count). The fourth-order valence-corrected chi connectivity index (χ4v) is 7.30. The zero-order valence-electron chi connectivity index (χ0n) is 21.8. The third-order valence-corrected chi connectivity index (χ3v) is 9.36. The van der Waals surface area contributed by atoms with E-state index in [-0.39, 0.29) is 29.6 Å². The Hall–Kier alpha value is -2.90. The van der Waals surface area contributed by atoms with Crippen molar-refractivity contribution in [3.63, 3.8) is 0 Å². The van der Waals surface area contributed by atoms with Gasteiger partial charge in [0, 0.05) is 19.0 Å². The van der Waals surface area contributed by atoms with Gasteiger partial charge in [-0.15, -0.1) is 0 Å². The number of aliphatic hydroxyl groups excluding tert-OH is 1. The molecule has 3 aromatic rings. The smallest absolute Gasteiger partial charge is 0.387 e. The first-order valence-corrected chi connectivity index (χ1v) is 15.6. The van der Waals surface area contributed by atoms with E-state index in [0.29, 0.717) is 12.4 Å². The fourth-order valence-electron chi connectivity index (χ4n) is 5.32. The van der Waals surface area contributed by atoms with Crippen molar-refractivity contribution in [3.05, 3.63) is 29.3 Å². The zero-order valence-corrected chi connectivity index (χ0v) is 23.6. The Balaban J connectivity index is 1.28. The third kappa shape index (κ3) is 5.70. The van der Waals surface area contributed by atoms with Gasteiger partial charge >= 0.3 is 15.6 Å². The van der Waals surface area contributed by atoms with Crippen molar-refractivity contribution in [1.82, 2.24) is 34.5 Å². The van der Waals surface area contributed by atoms with Gasteiger partial charge < -0.3 is 30.3 Å². The van der Waals surface area contributed by atoms with Crippen LogP contribution in [0.25, 0.3) is 11.2 Å². The molecule has 9 atom stereocenters. The van der Waals surface area contributed by atoms with Crippen molar-refractivity contribution < 1.29 is 46.9 Å². The molecule has 42 heavy (non-hydrogen) atoms. The standard InChI is InChI=1S/C20H27N9O11P2/c1-28(20-23-6-22-7-24-20)10-2-9-4-36-42(34,35)40-15-14(30)12(5-37-41(32,33)39-11(9)3-10)38-18(15)29-8-25-13-16(29)26-19(21)27-17(13)31/h6-12,14-15,18,30H,2-5H2,1H3,(H,32,33)(H,34,35)(H3,21,26,27,31)/t9?,10-,11+,12-,14-,15-,18-/m1/s1. The number of nitrogens with zero attached hydrogens (tertiary/aromatic N) is 7. The molecule has 2 bridgehead atoms. The van der Waals surface area contributed by atoms with Gasteiger partial charge in [0.25, 0.3) is 5.56 Å². The second-order valence-electron chi connectivity index (χ2n) is 10.0. The number of H-pyrrole nitrogens is 1. The van der Waals surface area contributed by atoms with Crippen LogP contribution in [-0.4, -0.2) is 100 Å². The summed E-state index contributed by atoms with van der Waals surface area (Å²) in [6.45, 7) is -1.09. The number of hydrogen-bond acceptors (Lipinski definition) is 16. The van der Waals surface area contributed by atoms with Crippen molar-refractivity contribution in [2.45, 2.75) is 49.5 Å². The normalized spacial score (nSPS) is 37.5. The molecule has 22 heteroatoms. The maximum Gasteiger partial charge on any atom is 0.472 e. The predicted molar refractivity (Wildman–Crippen MR) is 139 cm³/mol. The number of aliphatic hydroxyl groups is 1. The number of hydrogen-bond donors (Lipinski definition) is 5. The number of nitrogen functional groups attached to an aromatic ring is 1. The molecule has 1 aliphatic carbocycles. The lowest BCUT2D eigenvalue weighted by Gasteiger charge is -2.25. The van der Waals surface area contributed by atoms with Crippen LogP contribution in [0.1, 0.15) is 19.1 Å². The van der Waals surface area contributed by atoms with Crippen molar-refractivity contribution in [2.75, 3.05) is 30.9 Å². The van der Waals surface area contributed by atoms with E-state index >= 15 is 0 Å². The van der Waals surface area contributed by atoms with E-state index in [1.54, 1.807) is 11.9 Å². The van der Waals surface area contributed by atoms with Crippen molar-refractivity contribution in [3.8, 4) is 0 Å². The van der Waals surface area contributed by atoms with Crippen LogP contribution in [0, 0.1) is 5.92 Å². The predicted octanol–water partition coefficient (Wildman–Crippen LogP) is -0.922. The molecular formula is C20H27N9O11P2. The number of rotatable bonds is 3. The second kappa shape index (κ2) is 11.0. The van der Waals surface area contributed by atoms with Crippen LogP contribution in [0.3, 0.4) is 0 Å². The maximum absolute atomic E-state index is 13.1. The average molecular weight is 631 g/mol. The number of anilines is 2. The molecule has 1 saturated carbocycles. The highest BCUT2D eigenvalue weighted by molar-refractivity contribution is 7.47. The Bertz CT molecular complexity index is 1610. The third-order valence-electron chi connectivity index (χ3n) is 7.36. The van der Waals surface area contributed by atoms with Crippen LogP contribution in [0.4, 0.5) is 11.9 Å². The Morgan fingerprint density at radius 2 is 1.79 bits per heavy atom. The first-order valence-electron chi connectivity index (χ1n) is 12.6. The molecule has 0 amide bonds. The first-order chi connectivity index (χ1) is 19.9. The second-order valence-corrected chi connectivity index (χ2v) is 12.8. The molecule has 6 N–H and O–H groups in total. The SMILES string of the molecule is CN(c1ncncn1)[C@@H]1CC2COP(=O)(O)O[C@@H]3[C@H](O)[C@@H](COP(=O)(O)O[C@H]2C1)O[C@H]3n1cnc2c(=O)[nH]c(N)nc21. The number of fused-ring (bicyclic) bond motifs is 4. The Morgan fingerprint density at radius 1 is 1.07 bits per heavy atom. The van der Waals surface area contributed by atoms with E-state index < -0.39 is 71.0 Å². The van der Waals surface area contributed by atoms with Crippen molar-refractivity contribution in [1.29, 1.82) is 0 Å². The molecule has 3 aromatic heterocycles. The van der Waals surface area contributed by atoms with Gasteiger partial charge in [-0.05, 0) is 12.8 Å². The van der Waals surface area contributed by atoms with E-state index in [2.05, 4.69) is 29.9 Å². The van der Waals surface area contributed by atoms with Crippen LogP contribution in [0.5, 0.6) is 0 Å². The fraction of sp³-hybridized carbons (Fsp3) is 0.600. The summed E-state index contributed by atoms with van der Waals surface area (Å²) in [5.74, 6) is -0.547. The van der Waals surface area contributed by atoms with E-state index in [0.717, 1.165) is 6.33 Å². The number of phosphoric acid groups is 2. The number of imidazole rings is 1. The molecule has 2 aliphatic heterocycles. The van der Waals surface area contributed by atoms with Gasteiger partial charge in [0.2, 0.25) is 11.9 Å². The zero-order chi connectivity index (χ0) is 29.8. The van der Waals surface area contributed by atoms with Crippen LogP contribution in [0.2, 0.25) is 0 Å². The monoisotopic (exact) mass is 631 g/mol. The average Bonchev–Trinajstić information content (AvgIpc) is 3.62. The molecule has 3 unspecified atom stereocenters. The highest BCUT2D eigenvalue weighted by atomic mass is 31.2. The lowest BCUT2D eigenvalue weighted by molar-refractivity contribution is -0.0561. The van der Waals surface area contributed by atoms with Gasteiger partial charge in [0.1, 0.15) is 31.0 Å². The van der Waals surface area contributed by atoms with Gasteiger partial charge in [0.05, 0.1) is 25.6 Å². The van der Waals surface area contributed by atoms with Crippen LogP contribution >= 0.6 is 15.6 Å². The summed E-state index contributed by atoms with van der Waals surface area (Å²) in [5.41, 5.74) is 4.80. The lowest BCUT2D eigenvalue weighted by atomic mass is 10.1. The van der Waals surface area contributed by atoms with Gasteiger partial charge in [-0.2, -0.15) is 4.98 Å². The largest absolute Gasteiger partial charge is 0.472 e. The van der Waals surface area contributed by atoms with E-state index in [1.807, 2.05) is 0 Å². The van der Waals surface area contributed by atoms with Gasteiger partial charge in [-0.3, -0.25) is 32.4 Å². The molecule has 228 valence electrons. The molecule has 0 aromatic carbocycles. The number of nitrogens with one attached hydrogen (secondary N) is 1. The van der Waals surface area contributed by atoms with Gasteiger partial charge in [-0.1, -0.05) is 0 Å². The first kappa shape index (κ1) is 29.2. The molecule has 0 radical (unpaired) electrons. The minimum atomic E-state index is -4.90. The summed E-state index contributed by atoms with van der Waals surface area (Å²) in [6, 6.07) is -0.304. The minimum Gasteiger partial charge on any atom is -0.387 e. The summed E-state index contributed by atoms with van der Waals surface area (Å²) in [4.78, 5) is 57.5. The summed E-state index contributed by atoms with van der Waals surface area (Å²) in [5, 5.41) is 11.0.